The molecule has 8 nitrogen and oxygen atoms in total. The highest BCUT2D eigenvalue weighted by atomic mass is 15.3. The fraction of sp³-hybridized carbons (Fsp3) is 0.364. The second kappa shape index (κ2) is 7.87. The van der Waals surface area contributed by atoms with Crippen molar-refractivity contribution < 1.29 is 0 Å². The maximum atomic E-state index is 6.25. The maximum Gasteiger partial charge on any atom is 0.129 e. The van der Waals surface area contributed by atoms with Crippen LogP contribution in [-0.4, -0.2) is 49.1 Å². The number of nitrogens with one attached hydrogen (secondary N) is 1. The van der Waals surface area contributed by atoms with E-state index in [0.717, 1.165) is 71.8 Å². The average Bonchev–Trinajstić information content (AvgIpc) is 3.37. The molecule has 154 valence electrons. The number of nitrogens with two attached hydrogens (primary N) is 1. The van der Waals surface area contributed by atoms with Gasteiger partial charge in [0.2, 0.25) is 0 Å². The van der Waals surface area contributed by atoms with E-state index in [1.807, 2.05) is 35.4 Å². The molecule has 1 unspecified atom stereocenters. The standard InChI is InChI=1S/C22H26N8/c1-2-30-13-15(11-25-30)19-10-17-20(12-24-19)27-28-22(17)18-7-5-8-21(26-18)29-9-4-3-6-16(23)14-29/h5,7-8,10-13,16H,2-4,6,9,14,23H2,1H3,(H,27,28). The molecule has 5 heterocycles. The number of hydrogen-bond donors (Lipinski definition) is 2. The van der Waals surface area contributed by atoms with Gasteiger partial charge in [0.15, 0.2) is 0 Å². The van der Waals surface area contributed by atoms with Crippen LogP contribution in [0.4, 0.5) is 5.82 Å². The second-order valence-corrected chi connectivity index (χ2v) is 7.85. The van der Waals surface area contributed by atoms with Gasteiger partial charge in [-0.15, -0.1) is 0 Å². The van der Waals surface area contributed by atoms with Crippen molar-refractivity contribution in [1.29, 1.82) is 0 Å². The van der Waals surface area contributed by atoms with Crippen molar-refractivity contribution in [2.75, 3.05) is 18.0 Å². The van der Waals surface area contributed by atoms with E-state index in [-0.39, 0.29) is 6.04 Å². The summed E-state index contributed by atoms with van der Waals surface area (Å²) in [6.45, 7) is 4.72. The third-order valence-corrected chi connectivity index (χ3v) is 5.71. The zero-order valence-electron chi connectivity index (χ0n) is 17.1. The van der Waals surface area contributed by atoms with Crippen LogP contribution >= 0.6 is 0 Å². The smallest absolute Gasteiger partial charge is 0.129 e. The van der Waals surface area contributed by atoms with Crippen LogP contribution in [0.1, 0.15) is 26.2 Å². The van der Waals surface area contributed by atoms with Crippen molar-refractivity contribution >= 4 is 16.7 Å². The van der Waals surface area contributed by atoms with Gasteiger partial charge in [-0.2, -0.15) is 10.2 Å². The van der Waals surface area contributed by atoms with Crippen molar-refractivity contribution in [2.45, 2.75) is 38.8 Å². The third-order valence-electron chi connectivity index (χ3n) is 5.71. The van der Waals surface area contributed by atoms with Gasteiger partial charge in [0.1, 0.15) is 11.5 Å². The van der Waals surface area contributed by atoms with Crippen LogP contribution in [-0.2, 0) is 6.54 Å². The Morgan fingerprint density at radius 3 is 3.00 bits per heavy atom. The van der Waals surface area contributed by atoms with Gasteiger partial charge in [-0.1, -0.05) is 12.5 Å². The monoisotopic (exact) mass is 402 g/mol. The first-order chi connectivity index (χ1) is 14.7. The molecule has 1 aliphatic rings. The summed E-state index contributed by atoms with van der Waals surface area (Å²) >= 11 is 0. The molecule has 1 aliphatic heterocycles. The van der Waals surface area contributed by atoms with Crippen molar-refractivity contribution in [1.82, 2.24) is 29.9 Å². The number of anilines is 1. The molecule has 0 aliphatic carbocycles. The third kappa shape index (κ3) is 3.54. The molecule has 0 radical (unpaired) electrons. The summed E-state index contributed by atoms with van der Waals surface area (Å²) in [7, 11) is 0. The fourth-order valence-corrected chi connectivity index (χ4v) is 4.05. The van der Waals surface area contributed by atoms with E-state index >= 15 is 0 Å². The van der Waals surface area contributed by atoms with E-state index in [4.69, 9.17) is 10.7 Å². The Hall–Kier alpha value is -3.26. The molecule has 4 aromatic heterocycles. The molecular weight excluding hydrogens is 376 g/mol. The lowest BCUT2D eigenvalue weighted by molar-refractivity contribution is 0.620. The molecular formula is C22H26N8. The molecule has 1 fully saturated rings. The van der Waals surface area contributed by atoms with Crippen LogP contribution < -0.4 is 10.6 Å². The Morgan fingerprint density at radius 1 is 1.20 bits per heavy atom. The van der Waals surface area contributed by atoms with E-state index in [1.165, 1.54) is 6.42 Å². The highest BCUT2D eigenvalue weighted by Crippen LogP contribution is 2.29. The van der Waals surface area contributed by atoms with Crippen LogP contribution in [0.3, 0.4) is 0 Å². The van der Waals surface area contributed by atoms with Gasteiger partial charge in [-0.25, -0.2) is 4.98 Å². The number of aromatic nitrogens is 6. The molecule has 4 aromatic rings. The van der Waals surface area contributed by atoms with Crippen LogP contribution in [0, 0.1) is 0 Å². The average molecular weight is 403 g/mol. The Bertz CT molecular complexity index is 1160. The van der Waals surface area contributed by atoms with Crippen LogP contribution in [0.25, 0.3) is 33.5 Å². The number of aryl methyl sites for hydroxylation is 1. The molecule has 0 amide bonds. The molecule has 0 saturated carbocycles. The topological polar surface area (TPSA) is 102 Å². The number of hydrogen-bond acceptors (Lipinski definition) is 6. The van der Waals surface area contributed by atoms with E-state index < -0.39 is 0 Å². The predicted octanol–water partition coefficient (Wildman–Crippen LogP) is 3.22. The van der Waals surface area contributed by atoms with E-state index in [2.05, 4.69) is 44.2 Å². The number of nitrogens with zero attached hydrogens (tertiary/aromatic N) is 6. The zero-order valence-corrected chi connectivity index (χ0v) is 17.1. The van der Waals surface area contributed by atoms with Crippen LogP contribution in [0.15, 0.2) is 42.9 Å². The Kier molecular flexibility index (Phi) is 4.92. The van der Waals surface area contributed by atoms with Gasteiger partial charge in [0.05, 0.1) is 29.3 Å². The minimum atomic E-state index is 0.196. The summed E-state index contributed by atoms with van der Waals surface area (Å²) in [5, 5.41) is 13.0. The largest absolute Gasteiger partial charge is 0.355 e. The van der Waals surface area contributed by atoms with E-state index in [9.17, 15) is 0 Å². The number of pyridine rings is 2. The molecule has 3 N–H and O–H groups in total. The number of H-pyrrole nitrogens is 1. The Labute approximate surface area is 175 Å². The molecule has 0 bridgehead atoms. The summed E-state index contributed by atoms with van der Waals surface area (Å²) in [6, 6.07) is 8.36. The lowest BCUT2D eigenvalue weighted by Gasteiger charge is -2.24. The molecule has 1 saturated heterocycles. The van der Waals surface area contributed by atoms with Gasteiger partial charge < -0.3 is 10.6 Å². The van der Waals surface area contributed by atoms with Crippen LogP contribution in [0.2, 0.25) is 0 Å². The van der Waals surface area contributed by atoms with Crippen molar-refractivity contribution in [3.05, 3.63) is 42.9 Å². The molecule has 0 aromatic carbocycles. The van der Waals surface area contributed by atoms with Gasteiger partial charge in [0.25, 0.3) is 0 Å². The minimum absolute atomic E-state index is 0.196. The van der Waals surface area contributed by atoms with E-state index in [0.29, 0.717) is 0 Å². The summed E-state index contributed by atoms with van der Waals surface area (Å²) in [5.74, 6) is 0.958. The summed E-state index contributed by atoms with van der Waals surface area (Å²) in [6.07, 6.45) is 9.07. The maximum absolute atomic E-state index is 6.25. The van der Waals surface area contributed by atoms with Crippen molar-refractivity contribution in [3.8, 4) is 22.6 Å². The molecule has 30 heavy (non-hydrogen) atoms. The summed E-state index contributed by atoms with van der Waals surface area (Å²) in [5.41, 5.74) is 10.7. The number of fused-ring (bicyclic) bond motifs is 1. The molecule has 8 heteroatoms. The summed E-state index contributed by atoms with van der Waals surface area (Å²) in [4.78, 5) is 11.8. The Morgan fingerprint density at radius 2 is 2.13 bits per heavy atom. The normalized spacial score (nSPS) is 17.4. The second-order valence-electron chi connectivity index (χ2n) is 7.85. The predicted molar refractivity (Wildman–Crippen MR) is 118 cm³/mol. The van der Waals surface area contributed by atoms with Crippen molar-refractivity contribution in [2.24, 2.45) is 5.73 Å². The fourth-order valence-electron chi connectivity index (χ4n) is 4.05. The molecule has 5 rings (SSSR count). The van der Waals surface area contributed by atoms with Gasteiger partial charge in [-0.05, 0) is 38.0 Å². The Balaban J connectivity index is 1.52. The van der Waals surface area contributed by atoms with Gasteiger partial charge >= 0.3 is 0 Å². The lowest BCUT2D eigenvalue weighted by atomic mass is 10.1. The van der Waals surface area contributed by atoms with Crippen LogP contribution in [0.5, 0.6) is 0 Å². The molecule has 0 spiro atoms. The summed E-state index contributed by atoms with van der Waals surface area (Å²) < 4.78 is 1.90. The van der Waals surface area contributed by atoms with E-state index in [1.54, 1.807) is 0 Å². The highest BCUT2D eigenvalue weighted by Gasteiger charge is 2.18. The number of aromatic amines is 1. The number of rotatable bonds is 4. The molecule has 1 atom stereocenters. The minimum Gasteiger partial charge on any atom is -0.355 e. The lowest BCUT2D eigenvalue weighted by Crippen LogP contribution is -2.36. The van der Waals surface area contributed by atoms with Gasteiger partial charge in [0, 0.05) is 42.8 Å². The first-order valence-electron chi connectivity index (χ1n) is 10.6. The quantitative estimate of drug-likeness (QED) is 0.543. The van der Waals surface area contributed by atoms with Gasteiger partial charge in [-0.3, -0.25) is 14.8 Å². The van der Waals surface area contributed by atoms with Crippen molar-refractivity contribution in [3.63, 3.8) is 0 Å². The first kappa shape index (κ1) is 18.7. The highest BCUT2D eigenvalue weighted by molar-refractivity contribution is 5.93. The SMILES string of the molecule is CCn1cc(-c2cc3c(-c4cccc(N5CCCCC(N)C5)n4)n[nH]c3cn2)cn1. The first-order valence-corrected chi connectivity index (χ1v) is 10.6. The zero-order chi connectivity index (χ0) is 20.5.